The van der Waals surface area contributed by atoms with E-state index in [2.05, 4.69) is 6.92 Å². The molecule has 15 nitrogen and oxygen atoms in total. The number of esters is 4. The lowest BCUT2D eigenvalue weighted by Gasteiger charge is -2.46. The molecule has 0 saturated carbocycles. The van der Waals surface area contributed by atoms with Crippen molar-refractivity contribution in [1.82, 2.24) is 0 Å². The maximum absolute atomic E-state index is 13.3. The van der Waals surface area contributed by atoms with E-state index in [1.165, 1.54) is 0 Å². The zero-order valence-electron chi connectivity index (χ0n) is 29.2. The Labute approximate surface area is 282 Å². The van der Waals surface area contributed by atoms with Crippen LogP contribution in [0.15, 0.2) is 0 Å². The minimum atomic E-state index is -2.38. The topological polar surface area (TPSA) is 214 Å². The monoisotopic (exact) mass is 692 g/mol. The van der Waals surface area contributed by atoms with Gasteiger partial charge in [-0.3, -0.25) is 19.2 Å². The molecule has 15 heteroatoms. The number of hydrogen-bond donors (Lipinski definition) is 4. The van der Waals surface area contributed by atoms with E-state index in [9.17, 15) is 39.6 Å². The van der Waals surface area contributed by atoms with Gasteiger partial charge in [0.15, 0.2) is 18.3 Å². The predicted octanol–water partition coefficient (Wildman–Crippen LogP) is 1.53. The summed E-state index contributed by atoms with van der Waals surface area (Å²) in [7, 11) is 0. The summed E-state index contributed by atoms with van der Waals surface area (Å²) in [6, 6.07) is 0. The average Bonchev–Trinajstić information content (AvgIpc) is 3.29. The Hall–Kier alpha value is -2.40. The Bertz CT molecular complexity index is 1040. The maximum atomic E-state index is 13.3. The number of hydrogen-bond acceptors (Lipinski definition) is 15. The fourth-order valence-corrected chi connectivity index (χ4v) is 5.24. The van der Waals surface area contributed by atoms with Crippen molar-refractivity contribution in [1.29, 1.82) is 0 Å². The molecular weight excluding hydrogens is 636 g/mol. The maximum Gasteiger partial charge on any atom is 0.308 e. The summed E-state index contributed by atoms with van der Waals surface area (Å²) in [5.41, 5.74) is 0. The Morgan fingerprint density at radius 1 is 0.792 bits per heavy atom. The molecule has 2 aliphatic heterocycles. The van der Waals surface area contributed by atoms with Crippen LogP contribution in [-0.4, -0.2) is 119 Å². The summed E-state index contributed by atoms with van der Waals surface area (Å²) in [4.78, 5) is 51.1. The Morgan fingerprint density at radius 2 is 1.38 bits per heavy atom. The molecule has 0 aromatic rings. The van der Waals surface area contributed by atoms with Crippen LogP contribution in [0.25, 0.3) is 0 Å². The molecule has 0 aliphatic carbocycles. The van der Waals surface area contributed by atoms with Crippen molar-refractivity contribution in [2.45, 2.75) is 148 Å². The molecule has 11 unspecified atom stereocenters. The Balaban J connectivity index is 2.57. The van der Waals surface area contributed by atoms with Gasteiger partial charge in [0.05, 0.1) is 19.1 Å². The van der Waals surface area contributed by atoms with Crippen molar-refractivity contribution < 1.29 is 72.8 Å². The molecule has 0 amide bonds. The van der Waals surface area contributed by atoms with Gasteiger partial charge in [0, 0.05) is 19.8 Å². The van der Waals surface area contributed by atoms with Gasteiger partial charge in [0.25, 0.3) is 0 Å². The molecule has 0 aromatic heterocycles. The lowest BCUT2D eigenvalue weighted by molar-refractivity contribution is -0.384. The van der Waals surface area contributed by atoms with Crippen molar-refractivity contribution in [3.8, 4) is 0 Å². The van der Waals surface area contributed by atoms with E-state index < -0.39 is 104 Å². The first-order chi connectivity index (χ1) is 22.6. The van der Waals surface area contributed by atoms with Crippen LogP contribution in [0.3, 0.4) is 0 Å². The summed E-state index contributed by atoms with van der Waals surface area (Å²) in [5, 5.41) is 41.8. The van der Waals surface area contributed by atoms with Gasteiger partial charge in [-0.15, -0.1) is 0 Å². The van der Waals surface area contributed by atoms with Gasteiger partial charge in [0.2, 0.25) is 12.1 Å². The Morgan fingerprint density at radius 3 is 1.92 bits per heavy atom. The third-order valence-corrected chi connectivity index (χ3v) is 8.82. The molecule has 0 spiro atoms. The quantitative estimate of drug-likeness (QED) is 0.112. The summed E-state index contributed by atoms with van der Waals surface area (Å²) in [6.07, 6.45) is -9.46. The van der Waals surface area contributed by atoms with Gasteiger partial charge >= 0.3 is 23.9 Å². The van der Waals surface area contributed by atoms with E-state index in [1.807, 2.05) is 20.8 Å². The van der Waals surface area contributed by atoms with E-state index in [1.54, 1.807) is 13.8 Å². The van der Waals surface area contributed by atoms with Crippen LogP contribution in [0, 0.1) is 17.8 Å². The highest BCUT2D eigenvalue weighted by molar-refractivity contribution is 5.72. The molecule has 0 aromatic carbocycles. The highest BCUT2D eigenvalue weighted by atomic mass is 16.8. The third kappa shape index (κ3) is 11.6. The van der Waals surface area contributed by atoms with Crippen LogP contribution in [-0.2, 0) is 52.3 Å². The minimum Gasteiger partial charge on any atom is -0.460 e. The SMILES string of the molecule is CCC(C)CCCC(=O)OC1C(OC(=O)CCC(C)CC)C(CO)OC(OC2(COC(C)=O)OC(CO)C(O)C2O)C1OC(=O)C(C)C. The molecule has 48 heavy (non-hydrogen) atoms. The molecule has 2 saturated heterocycles. The minimum absolute atomic E-state index is 0.0148. The van der Waals surface area contributed by atoms with Gasteiger partial charge in [-0.25, -0.2) is 0 Å². The van der Waals surface area contributed by atoms with E-state index in [-0.39, 0.29) is 18.8 Å². The third-order valence-electron chi connectivity index (χ3n) is 8.82. The number of aliphatic hydroxyl groups is 4. The molecule has 278 valence electrons. The molecule has 0 bridgehead atoms. The van der Waals surface area contributed by atoms with E-state index in [0.717, 1.165) is 26.2 Å². The summed E-state index contributed by atoms with van der Waals surface area (Å²) in [6.45, 7) is 9.89. The van der Waals surface area contributed by atoms with Gasteiger partial charge in [-0.05, 0) is 24.7 Å². The van der Waals surface area contributed by atoms with Gasteiger partial charge in [-0.1, -0.05) is 60.8 Å². The molecule has 11 atom stereocenters. The second-order valence-electron chi connectivity index (χ2n) is 13.1. The number of carbonyl (C=O) groups is 4. The first-order valence-corrected chi connectivity index (χ1v) is 16.9. The molecular formula is C33H56O15. The van der Waals surface area contributed by atoms with Gasteiger partial charge < -0.3 is 53.6 Å². The zero-order chi connectivity index (χ0) is 36.2. The van der Waals surface area contributed by atoms with E-state index in [0.29, 0.717) is 18.8 Å². The fourth-order valence-electron chi connectivity index (χ4n) is 5.24. The second-order valence-corrected chi connectivity index (χ2v) is 13.1. The highest BCUT2D eigenvalue weighted by Crippen LogP contribution is 2.39. The van der Waals surface area contributed by atoms with E-state index in [4.69, 9.17) is 33.2 Å². The normalized spacial score (nSPS) is 31.6. The fraction of sp³-hybridized carbons (Fsp3) is 0.879. The van der Waals surface area contributed by atoms with Crippen molar-refractivity contribution in [3.05, 3.63) is 0 Å². The molecule has 2 heterocycles. The highest BCUT2D eigenvalue weighted by Gasteiger charge is 2.61. The number of aliphatic hydroxyl groups excluding tert-OH is 4. The van der Waals surface area contributed by atoms with Crippen LogP contribution in [0.1, 0.15) is 93.4 Å². The van der Waals surface area contributed by atoms with Crippen LogP contribution in [0.4, 0.5) is 0 Å². The zero-order valence-corrected chi connectivity index (χ0v) is 29.2. The molecule has 4 N–H and O–H groups in total. The molecule has 0 radical (unpaired) electrons. The first-order valence-electron chi connectivity index (χ1n) is 16.9. The van der Waals surface area contributed by atoms with Gasteiger partial charge in [-0.2, -0.15) is 0 Å². The Kier molecular flexibility index (Phi) is 17.1. The number of ether oxygens (including phenoxy) is 7. The number of rotatable bonds is 19. The smallest absolute Gasteiger partial charge is 0.308 e. The average molecular weight is 693 g/mol. The van der Waals surface area contributed by atoms with Gasteiger partial charge in [0.1, 0.15) is 31.0 Å². The number of carbonyl (C=O) groups excluding carboxylic acids is 4. The molecule has 2 fully saturated rings. The lowest BCUT2D eigenvalue weighted by Crippen LogP contribution is -2.65. The van der Waals surface area contributed by atoms with Crippen LogP contribution in [0.5, 0.6) is 0 Å². The van der Waals surface area contributed by atoms with Crippen LogP contribution >= 0.6 is 0 Å². The molecule has 2 aliphatic rings. The van der Waals surface area contributed by atoms with Crippen molar-refractivity contribution in [2.24, 2.45) is 17.8 Å². The van der Waals surface area contributed by atoms with Crippen molar-refractivity contribution >= 4 is 23.9 Å². The standard InChI is InChI=1S/C33H56O15/c1-8-19(5)11-10-12-24(37)45-28-27(44-25(38)14-13-20(6)9-2)23(16-35)43-32(29(28)46-31(41)18(3)4)48-33(17-42-21(7)36)30(40)26(39)22(15-34)47-33/h18-20,22-23,26-30,32,34-35,39-40H,8-17H2,1-7H3. The summed E-state index contributed by atoms with van der Waals surface area (Å²) in [5.74, 6) is -5.45. The van der Waals surface area contributed by atoms with Crippen LogP contribution in [0.2, 0.25) is 0 Å². The summed E-state index contributed by atoms with van der Waals surface area (Å²) < 4.78 is 40.2. The van der Waals surface area contributed by atoms with Crippen molar-refractivity contribution in [3.63, 3.8) is 0 Å². The summed E-state index contributed by atoms with van der Waals surface area (Å²) >= 11 is 0. The largest absolute Gasteiger partial charge is 0.460 e. The van der Waals surface area contributed by atoms with E-state index >= 15 is 0 Å². The predicted molar refractivity (Wildman–Crippen MR) is 167 cm³/mol. The molecule has 2 rings (SSSR count). The lowest BCUT2D eigenvalue weighted by atomic mass is 9.97. The second kappa shape index (κ2) is 19.7. The van der Waals surface area contributed by atoms with Crippen molar-refractivity contribution in [2.75, 3.05) is 19.8 Å². The van der Waals surface area contributed by atoms with Crippen LogP contribution < -0.4 is 0 Å². The first kappa shape index (κ1) is 41.8.